The van der Waals surface area contributed by atoms with Gasteiger partial charge in [0.15, 0.2) is 0 Å². The van der Waals surface area contributed by atoms with E-state index in [4.69, 9.17) is 9.40 Å². The Kier molecular flexibility index (Phi) is 6.25. The molecule has 0 N–H and O–H groups in total. The minimum atomic E-state index is -2.99. The third-order valence-corrected chi connectivity index (χ3v) is 16.5. The molecule has 5 aromatic rings. The molecule has 34 heavy (non-hydrogen) atoms. The van der Waals surface area contributed by atoms with Gasteiger partial charge in [-0.3, -0.25) is 0 Å². The summed E-state index contributed by atoms with van der Waals surface area (Å²) in [5.41, 5.74) is 2.01. The molecule has 0 amide bonds. The molecule has 1 heterocycles. The number of aryl methyl sites for hydroxylation is 2. The summed E-state index contributed by atoms with van der Waals surface area (Å²) in [6, 6.07) is 42.8. The molecule has 0 saturated heterocycles. The summed E-state index contributed by atoms with van der Waals surface area (Å²) < 4.78 is 6.10. The molecule has 0 saturated carbocycles. The summed E-state index contributed by atoms with van der Waals surface area (Å²) in [7, 11) is 0. The minimum absolute atomic E-state index is 0.683. The fraction of sp³-hybridized carbons (Fsp3) is 0.100. The average molecular weight is 528 g/mol. The SMILES string of the molecule is Cc1oc(-c2ccccc2)nc1CCP(Br)(c1ccccc1)(c1ccccc1)c1ccccc1. The van der Waals surface area contributed by atoms with E-state index in [2.05, 4.69) is 106 Å². The summed E-state index contributed by atoms with van der Waals surface area (Å²) in [6.45, 7) is 2.02. The number of rotatable bonds is 7. The first-order valence-corrected chi connectivity index (χ1v) is 15.9. The number of nitrogens with zero attached hydrogens (tertiary/aromatic N) is 1. The maximum absolute atomic E-state index is 6.10. The number of hydrogen-bond donors (Lipinski definition) is 0. The van der Waals surface area contributed by atoms with Crippen molar-refractivity contribution < 1.29 is 4.42 Å². The zero-order valence-corrected chi connectivity index (χ0v) is 21.6. The van der Waals surface area contributed by atoms with Crippen LogP contribution in [0.15, 0.2) is 126 Å². The van der Waals surface area contributed by atoms with Gasteiger partial charge in [0, 0.05) is 0 Å². The first-order valence-electron chi connectivity index (χ1n) is 11.5. The van der Waals surface area contributed by atoms with Gasteiger partial charge in [0.2, 0.25) is 0 Å². The van der Waals surface area contributed by atoms with Crippen molar-refractivity contribution in [3.05, 3.63) is 133 Å². The molecule has 0 atom stereocenters. The molecule has 2 nitrogen and oxygen atoms in total. The van der Waals surface area contributed by atoms with Gasteiger partial charge in [0.05, 0.1) is 0 Å². The molecule has 0 fully saturated rings. The Morgan fingerprint density at radius 2 is 1.06 bits per heavy atom. The Morgan fingerprint density at radius 3 is 1.50 bits per heavy atom. The quantitative estimate of drug-likeness (QED) is 0.212. The molecule has 1 aromatic heterocycles. The molecule has 5 rings (SSSR count). The van der Waals surface area contributed by atoms with E-state index in [-0.39, 0.29) is 0 Å². The van der Waals surface area contributed by atoms with Crippen LogP contribution in [0.1, 0.15) is 11.5 Å². The normalized spacial score (nSPS) is 12.7. The Balaban J connectivity index is 1.66. The molecule has 170 valence electrons. The topological polar surface area (TPSA) is 26.0 Å². The Bertz CT molecular complexity index is 1270. The van der Waals surface area contributed by atoms with Gasteiger partial charge in [-0.15, -0.1) is 0 Å². The second-order valence-electron chi connectivity index (χ2n) is 8.55. The number of oxazole rings is 1. The van der Waals surface area contributed by atoms with Crippen LogP contribution in [-0.4, -0.2) is 11.1 Å². The van der Waals surface area contributed by atoms with Crippen LogP contribution in [0.5, 0.6) is 0 Å². The van der Waals surface area contributed by atoms with Crippen LogP contribution in [0.25, 0.3) is 11.5 Å². The number of benzene rings is 4. The monoisotopic (exact) mass is 527 g/mol. The van der Waals surface area contributed by atoms with Gasteiger partial charge in [-0.2, -0.15) is 0 Å². The Morgan fingerprint density at radius 1 is 0.647 bits per heavy atom. The van der Waals surface area contributed by atoms with Crippen LogP contribution in [0.3, 0.4) is 0 Å². The van der Waals surface area contributed by atoms with E-state index in [0.717, 1.165) is 29.6 Å². The fourth-order valence-electron chi connectivity index (χ4n) is 4.73. The number of aromatic nitrogens is 1. The predicted octanol–water partition coefficient (Wildman–Crippen LogP) is 7.03. The van der Waals surface area contributed by atoms with Crippen molar-refractivity contribution >= 4 is 36.7 Å². The fourth-order valence-corrected chi connectivity index (χ4v) is 12.1. The number of halogens is 1. The second kappa shape index (κ2) is 9.33. The van der Waals surface area contributed by atoms with Crippen molar-refractivity contribution in [1.82, 2.24) is 4.98 Å². The van der Waals surface area contributed by atoms with Crippen molar-refractivity contribution in [3.63, 3.8) is 0 Å². The molecule has 0 radical (unpaired) electrons. The van der Waals surface area contributed by atoms with Gasteiger partial charge >= 0.3 is 210 Å². The third-order valence-electron chi connectivity index (χ3n) is 6.57. The van der Waals surface area contributed by atoms with Gasteiger partial charge in [-0.1, -0.05) is 0 Å². The van der Waals surface area contributed by atoms with E-state index in [1.54, 1.807) is 0 Å². The first kappa shape index (κ1) is 22.8. The summed E-state index contributed by atoms with van der Waals surface area (Å²) in [5, 5.41) is 0.958. The van der Waals surface area contributed by atoms with Gasteiger partial charge < -0.3 is 0 Å². The predicted molar refractivity (Wildman–Crippen MR) is 149 cm³/mol. The van der Waals surface area contributed by atoms with E-state index in [1.807, 2.05) is 37.3 Å². The summed E-state index contributed by atoms with van der Waals surface area (Å²) in [6.07, 6.45) is 1.69. The number of hydrogen-bond acceptors (Lipinski definition) is 2. The molecular weight excluding hydrogens is 501 g/mol. The summed E-state index contributed by atoms with van der Waals surface area (Å²) in [5.74, 6) is 1.56. The van der Waals surface area contributed by atoms with Gasteiger partial charge in [-0.05, 0) is 0 Å². The molecule has 0 aliphatic heterocycles. The van der Waals surface area contributed by atoms with E-state index in [9.17, 15) is 0 Å². The molecule has 0 aliphatic carbocycles. The van der Waals surface area contributed by atoms with Crippen molar-refractivity contribution in [1.29, 1.82) is 0 Å². The van der Waals surface area contributed by atoms with Crippen molar-refractivity contribution in [2.24, 2.45) is 0 Å². The van der Waals surface area contributed by atoms with Gasteiger partial charge in [-0.25, -0.2) is 0 Å². The van der Waals surface area contributed by atoms with Gasteiger partial charge in [0.1, 0.15) is 0 Å². The molecule has 0 unspecified atom stereocenters. The third kappa shape index (κ3) is 3.94. The van der Waals surface area contributed by atoms with E-state index < -0.39 is 5.31 Å². The molecule has 0 aliphatic rings. The molecule has 0 bridgehead atoms. The second-order valence-corrected chi connectivity index (χ2v) is 17.6. The Labute approximate surface area is 209 Å². The molecular formula is C30H27BrNOP. The Hall–Kier alpha value is -3.00. The van der Waals surface area contributed by atoms with Crippen LogP contribution in [-0.2, 0) is 6.42 Å². The summed E-state index contributed by atoms with van der Waals surface area (Å²) >= 11 is 4.52. The zero-order valence-electron chi connectivity index (χ0n) is 19.1. The summed E-state index contributed by atoms with van der Waals surface area (Å²) in [4.78, 5) is 4.93. The standard InChI is InChI=1S/C30H27BrNOP/c1-24-29(32-30(33-24)25-14-6-2-7-15-25)22-23-34(31,26-16-8-3-9-17-26,27-18-10-4-11-19-27)28-20-12-5-13-21-28/h2-21H,22-23H2,1H3. The van der Waals surface area contributed by atoms with Crippen LogP contribution < -0.4 is 15.9 Å². The molecule has 0 spiro atoms. The maximum atomic E-state index is 6.10. The molecule has 4 aromatic carbocycles. The van der Waals surface area contributed by atoms with E-state index in [0.29, 0.717) is 5.89 Å². The van der Waals surface area contributed by atoms with Crippen LogP contribution in [0.4, 0.5) is 0 Å². The van der Waals surface area contributed by atoms with Crippen LogP contribution in [0.2, 0.25) is 0 Å². The van der Waals surface area contributed by atoms with Crippen LogP contribution >= 0.6 is 20.8 Å². The van der Waals surface area contributed by atoms with Crippen molar-refractivity contribution in [2.75, 3.05) is 6.16 Å². The zero-order chi connectivity index (χ0) is 23.5. The van der Waals surface area contributed by atoms with E-state index >= 15 is 0 Å². The first-order chi connectivity index (χ1) is 16.6. The molecule has 4 heteroatoms. The van der Waals surface area contributed by atoms with Crippen LogP contribution in [0, 0.1) is 6.92 Å². The van der Waals surface area contributed by atoms with E-state index in [1.165, 1.54) is 15.9 Å². The van der Waals surface area contributed by atoms with Crippen molar-refractivity contribution in [2.45, 2.75) is 13.3 Å². The van der Waals surface area contributed by atoms with Crippen molar-refractivity contribution in [3.8, 4) is 11.5 Å². The average Bonchev–Trinajstić information content (AvgIpc) is 3.30. The van der Waals surface area contributed by atoms with Gasteiger partial charge in [0.25, 0.3) is 0 Å².